The maximum Gasteiger partial charge on any atom is 0.271 e. The molecule has 0 saturated heterocycles. The highest BCUT2D eigenvalue weighted by molar-refractivity contribution is 7.89. The number of sulfonamides is 1. The zero-order valence-electron chi connectivity index (χ0n) is 10.1. The molecule has 0 spiro atoms. The Morgan fingerprint density at radius 1 is 1.28 bits per heavy atom. The Hall–Kier alpha value is -1.74. The highest BCUT2D eigenvalue weighted by atomic mass is 32.2. The van der Waals surface area contributed by atoms with Gasteiger partial charge in [0.15, 0.2) is 5.69 Å². The molecule has 0 fully saturated rings. The van der Waals surface area contributed by atoms with Crippen LogP contribution in [-0.2, 0) is 10.0 Å². The summed E-state index contributed by atoms with van der Waals surface area (Å²) in [6, 6.07) is 3.10. The van der Waals surface area contributed by atoms with Crippen LogP contribution in [0.4, 0.5) is 5.82 Å². The Labute approximate surface area is 105 Å². The summed E-state index contributed by atoms with van der Waals surface area (Å²) in [5, 5.41) is 12.7. The predicted octanol–water partition coefficient (Wildman–Crippen LogP) is -1.20. The lowest BCUT2D eigenvalue weighted by Crippen LogP contribution is -2.33. The van der Waals surface area contributed by atoms with Gasteiger partial charge in [0.1, 0.15) is 5.82 Å². The number of carbonyl (C=O) groups is 1. The number of rotatable bonds is 6. The van der Waals surface area contributed by atoms with Crippen LogP contribution in [0.3, 0.4) is 0 Å². The molecule has 0 aliphatic rings. The number of amides is 1. The Morgan fingerprint density at radius 3 is 2.50 bits per heavy atom. The van der Waals surface area contributed by atoms with Crippen molar-refractivity contribution in [2.45, 2.75) is 0 Å². The van der Waals surface area contributed by atoms with Gasteiger partial charge in [-0.15, -0.1) is 10.2 Å². The Balaban J connectivity index is 2.50. The van der Waals surface area contributed by atoms with Gasteiger partial charge in [-0.05, 0) is 19.2 Å². The van der Waals surface area contributed by atoms with Crippen LogP contribution >= 0.6 is 0 Å². The molecule has 100 valence electrons. The number of aromatic nitrogens is 2. The summed E-state index contributed by atoms with van der Waals surface area (Å²) in [5.41, 5.74) is 0.135. The van der Waals surface area contributed by atoms with Crippen molar-refractivity contribution in [3.8, 4) is 0 Å². The number of hydrogen-bond donors (Lipinski definition) is 3. The summed E-state index contributed by atoms with van der Waals surface area (Å²) in [4.78, 5) is 11.6. The summed E-state index contributed by atoms with van der Waals surface area (Å²) < 4.78 is 24.4. The normalized spacial score (nSPS) is 11.0. The van der Waals surface area contributed by atoms with Gasteiger partial charge in [-0.25, -0.2) is 13.1 Å². The van der Waals surface area contributed by atoms with E-state index in [4.69, 9.17) is 0 Å². The van der Waals surface area contributed by atoms with Gasteiger partial charge < -0.3 is 10.6 Å². The molecular weight excluding hydrogens is 258 g/mol. The first-order chi connectivity index (χ1) is 8.48. The van der Waals surface area contributed by atoms with Crippen LogP contribution in [0.25, 0.3) is 0 Å². The molecule has 0 atom stereocenters. The molecule has 8 nitrogen and oxygen atoms in total. The van der Waals surface area contributed by atoms with Gasteiger partial charge in [-0.3, -0.25) is 4.79 Å². The summed E-state index contributed by atoms with van der Waals surface area (Å²) >= 11 is 0. The van der Waals surface area contributed by atoms with Gasteiger partial charge in [0.25, 0.3) is 5.91 Å². The van der Waals surface area contributed by atoms with Gasteiger partial charge in [0.05, 0.1) is 5.75 Å². The molecule has 0 saturated carbocycles. The van der Waals surface area contributed by atoms with E-state index in [1.807, 2.05) is 0 Å². The summed E-state index contributed by atoms with van der Waals surface area (Å²) in [6.07, 6.45) is 0. The lowest BCUT2D eigenvalue weighted by molar-refractivity contribution is 0.0950. The summed E-state index contributed by atoms with van der Waals surface area (Å²) in [7, 11) is -0.313. The molecular formula is C9H15N5O3S. The van der Waals surface area contributed by atoms with Crippen LogP contribution in [-0.4, -0.2) is 50.9 Å². The topological polar surface area (TPSA) is 113 Å². The summed E-state index contributed by atoms with van der Waals surface area (Å²) in [6.45, 7) is 0.0114. The average Bonchev–Trinajstić information content (AvgIpc) is 2.38. The second-order valence-electron chi connectivity index (χ2n) is 3.33. The Bertz CT molecular complexity index is 499. The van der Waals surface area contributed by atoms with Crippen molar-refractivity contribution in [1.29, 1.82) is 0 Å². The van der Waals surface area contributed by atoms with Gasteiger partial charge in [-0.2, -0.15) is 0 Å². The van der Waals surface area contributed by atoms with E-state index in [9.17, 15) is 13.2 Å². The maximum atomic E-state index is 11.6. The lowest BCUT2D eigenvalue weighted by Gasteiger charge is -2.05. The summed E-state index contributed by atoms with van der Waals surface area (Å²) in [5.74, 6) is -0.0992. The van der Waals surface area contributed by atoms with Crippen molar-refractivity contribution in [3.05, 3.63) is 17.8 Å². The monoisotopic (exact) mass is 273 g/mol. The number of hydrogen-bond acceptors (Lipinski definition) is 6. The van der Waals surface area contributed by atoms with Crippen molar-refractivity contribution in [1.82, 2.24) is 20.2 Å². The largest absolute Gasteiger partial charge is 0.372 e. The average molecular weight is 273 g/mol. The Morgan fingerprint density at radius 2 is 2.00 bits per heavy atom. The molecule has 18 heavy (non-hydrogen) atoms. The molecule has 1 heterocycles. The van der Waals surface area contributed by atoms with Crippen LogP contribution in [0, 0.1) is 0 Å². The molecule has 1 aromatic heterocycles. The quantitative estimate of drug-likeness (QED) is 0.600. The van der Waals surface area contributed by atoms with Gasteiger partial charge in [-0.1, -0.05) is 0 Å². The van der Waals surface area contributed by atoms with E-state index in [-0.39, 0.29) is 18.0 Å². The van der Waals surface area contributed by atoms with E-state index in [2.05, 4.69) is 25.6 Å². The molecule has 0 radical (unpaired) electrons. The number of carbonyl (C=O) groups excluding carboxylic acids is 1. The fraction of sp³-hybridized carbons (Fsp3) is 0.444. The zero-order valence-corrected chi connectivity index (χ0v) is 10.9. The van der Waals surface area contributed by atoms with Gasteiger partial charge in [0, 0.05) is 13.6 Å². The lowest BCUT2D eigenvalue weighted by atomic mass is 10.3. The van der Waals surface area contributed by atoms with E-state index in [1.165, 1.54) is 13.1 Å². The second-order valence-corrected chi connectivity index (χ2v) is 5.38. The van der Waals surface area contributed by atoms with E-state index in [0.717, 1.165) is 0 Å². The molecule has 0 aliphatic carbocycles. The SMILES string of the molecule is CNc1ccc(C(=O)NCCS(=O)(=O)NC)nn1. The van der Waals surface area contributed by atoms with Crippen molar-refractivity contribution in [3.63, 3.8) is 0 Å². The van der Waals surface area contributed by atoms with Crippen molar-refractivity contribution >= 4 is 21.7 Å². The Kier molecular flexibility index (Phi) is 4.98. The molecule has 9 heteroatoms. The highest BCUT2D eigenvalue weighted by Crippen LogP contribution is 2.00. The first-order valence-electron chi connectivity index (χ1n) is 5.19. The number of nitrogens with zero attached hydrogens (tertiary/aromatic N) is 2. The third kappa shape index (κ3) is 4.26. The first-order valence-corrected chi connectivity index (χ1v) is 6.84. The van der Waals surface area contributed by atoms with Crippen LogP contribution < -0.4 is 15.4 Å². The molecule has 0 aromatic carbocycles. The van der Waals surface area contributed by atoms with E-state index < -0.39 is 15.9 Å². The number of nitrogens with one attached hydrogen (secondary N) is 3. The highest BCUT2D eigenvalue weighted by Gasteiger charge is 2.10. The van der Waals surface area contributed by atoms with E-state index in [0.29, 0.717) is 5.82 Å². The minimum Gasteiger partial charge on any atom is -0.372 e. The minimum atomic E-state index is -3.32. The van der Waals surface area contributed by atoms with Crippen LogP contribution in [0.15, 0.2) is 12.1 Å². The third-order valence-corrected chi connectivity index (χ3v) is 3.48. The van der Waals surface area contributed by atoms with Crippen LogP contribution in [0.1, 0.15) is 10.5 Å². The molecule has 1 aromatic rings. The maximum absolute atomic E-state index is 11.6. The van der Waals surface area contributed by atoms with Crippen molar-refractivity contribution < 1.29 is 13.2 Å². The van der Waals surface area contributed by atoms with Crippen LogP contribution in [0.2, 0.25) is 0 Å². The van der Waals surface area contributed by atoms with Crippen LogP contribution in [0.5, 0.6) is 0 Å². The van der Waals surface area contributed by atoms with Gasteiger partial charge in [0.2, 0.25) is 10.0 Å². The molecule has 0 unspecified atom stereocenters. The van der Waals surface area contributed by atoms with Crippen molar-refractivity contribution in [2.75, 3.05) is 31.7 Å². The third-order valence-electron chi connectivity index (χ3n) is 2.12. The fourth-order valence-electron chi connectivity index (χ4n) is 1.08. The molecule has 3 N–H and O–H groups in total. The molecule has 0 aliphatic heterocycles. The van der Waals surface area contributed by atoms with E-state index in [1.54, 1.807) is 13.1 Å². The first kappa shape index (κ1) is 14.3. The molecule has 0 bridgehead atoms. The van der Waals surface area contributed by atoms with Crippen molar-refractivity contribution in [2.24, 2.45) is 0 Å². The molecule has 1 amide bonds. The second kappa shape index (κ2) is 6.26. The van der Waals surface area contributed by atoms with Gasteiger partial charge >= 0.3 is 0 Å². The van der Waals surface area contributed by atoms with E-state index >= 15 is 0 Å². The standard InChI is InChI=1S/C9H15N5O3S/c1-10-8-4-3-7(13-14-8)9(15)12-5-6-18(16,17)11-2/h3-4,11H,5-6H2,1-2H3,(H,10,14)(H,12,15). The predicted molar refractivity (Wildman–Crippen MR) is 66.8 cm³/mol. The number of anilines is 1. The zero-order chi connectivity index (χ0) is 13.6. The molecule has 1 rings (SSSR count). The fourth-order valence-corrected chi connectivity index (χ4v) is 1.65. The minimum absolute atomic E-state index is 0.0114. The smallest absolute Gasteiger partial charge is 0.271 e.